The van der Waals surface area contributed by atoms with E-state index in [4.69, 9.17) is 4.74 Å². The van der Waals surface area contributed by atoms with Crippen molar-refractivity contribution in [2.45, 2.75) is 25.8 Å². The van der Waals surface area contributed by atoms with Crippen LogP contribution in [0, 0.1) is 11.6 Å². The molecule has 0 aromatic heterocycles. The summed E-state index contributed by atoms with van der Waals surface area (Å²) < 4.78 is 54.6. The smallest absolute Gasteiger partial charge is 0.260 e. The predicted octanol–water partition coefficient (Wildman–Crippen LogP) is 1.77. The van der Waals surface area contributed by atoms with Gasteiger partial charge in [0, 0.05) is 18.7 Å². The van der Waals surface area contributed by atoms with Gasteiger partial charge < -0.3 is 9.64 Å². The fraction of sp³-hybridized carbons (Fsp3) is 0.533. The molecule has 8 heteroatoms. The van der Waals surface area contributed by atoms with Crippen molar-refractivity contribution in [1.82, 2.24) is 4.90 Å². The average molecular weight is 347 g/mol. The molecule has 1 unspecified atom stereocenters. The second-order valence-corrected chi connectivity index (χ2v) is 7.74. The van der Waals surface area contributed by atoms with Crippen LogP contribution in [0.15, 0.2) is 18.2 Å². The quantitative estimate of drug-likeness (QED) is 0.787. The molecule has 0 N–H and O–H groups in total. The Labute approximate surface area is 134 Å². The van der Waals surface area contributed by atoms with Gasteiger partial charge >= 0.3 is 0 Å². The highest BCUT2D eigenvalue weighted by atomic mass is 32.2. The van der Waals surface area contributed by atoms with Crippen LogP contribution in [0.25, 0.3) is 0 Å². The maximum Gasteiger partial charge on any atom is 0.260 e. The molecule has 0 radical (unpaired) electrons. The van der Waals surface area contributed by atoms with Crippen molar-refractivity contribution in [2.24, 2.45) is 0 Å². The van der Waals surface area contributed by atoms with Gasteiger partial charge in [-0.05, 0) is 25.0 Å². The summed E-state index contributed by atoms with van der Waals surface area (Å²) in [4.78, 5) is 13.8. The van der Waals surface area contributed by atoms with Gasteiger partial charge in [0.05, 0.1) is 11.5 Å². The number of hydrogen-bond donors (Lipinski definition) is 0. The lowest BCUT2D eigenvalue weighted by Gasteiger charge is -2.27. The minimum Gasteiger partial charge on any atom is -0.481 e. The highest BCUT2D eigenvalue weighted by Gasteiger charge is 2.34. The van der Waals surface area contributed by atoms with Gasteiger partial charge in [-0.2, -0.15) is 0 Å². The Morgan fingerprint density at radius 3 is 2.70 bits per heavy atom. The number of amides is 1. The SMILES string of the molecule is CCCN(C(=O)COc1ccc(F)cc1F)C1CCS(=O)(=O)C1. The van der Waals surface area contributed by atoms with Crippen LogP contribution in [-0.4, -0.2) is 49.9 Å². The standard InChI is InChI=1S/C15H19F2NO4S/c1-2-6-18(12-5-7-23(20,21)10-12)15(19)9-22-14-4-3-11(16)8-13(14)17/h3-4,8,12H,2,5-7,9-10H2,1H3. The Bertz CT molecular complexity index is 678. The molecular weight excluding hydrogens is 328 g/mol. The van der Waals surface area contributed by atoms with Crippen molar-refractivity contribution in [3.05, 3.63) is 29.8 Å². The Hall–Kier alpha value is -1.70. The first-order valence-corrected chi connectivity index (χ1v) is 9.22. The van der Waals surface area contributed by atoms with Crippen molar-refractivity contribution in [3.8, 4) is 5.75 Å². The van der Waals surface area contributed by atoms with E-state index < -0.39 is 34.0 Å². The van der Waals surface area contributed by atoms with E-state index in [-0.39, 0.29) is 23.3 Å². The number of carbonyl (C=O) groups excluding carboxylic acids is 1. The zero-order chi connectivity index (χ0) is 17.0. The number of nitrogens with zero attached hydrogens (tertiary/aromatic N) is 1. The van der Waals surface area contributed by atoms with E-state index in [9.17, 15) is 22.0 Å². The molecule has 1 atom stereocenters. The topological polar surface area (TPSA) is 63.7 Å². The number of benzene rings is 1. The Morgan fingerprint density at radius 1 is 1.39 bits per heavy atom. The van der Waals surface area contributed by atoms with Gasteiger partial charge in [-0.25, -0.2) is 17.2 Å². The first-order valence-electron chi connectivity index (χ1n) is 7.40. The van der Waals surface area contributed by atoms with Crippen LogP contribution >= 0.6 is 0 Å². The summed E-state index contributed by atoms with van der Waals surface area (Å²) in [5.74, 6) is -2.22. The third-order valence-corrected chi connectivity index (χ3v) is 5.43. The van der Waals surface area contributed by atoms with Crippen LogP contribution in [0.3, 0.4) is 0 Å². The second-order valence-electron chi connectivity index (χ2n) is 5.51. The molecule has 1 saturated heterocycles. The lowest BCUT2D eigenvalue weighted by Crippen LogP contribution is -2.44. The highest BCUT2D eigenvalue weighted by molar-refractivity contribution is 7.91. The molecule has 1 aliphatic rings. The summed E-state index contributed by atoms with van der Waals surface area (Å²) in [6, 6.07) is 2.46. The van der Waals surface area contributed by atoms with E-state index in [1.165, 1.54) is 4.90 Å². The van der Waals surface area contributed by atoms with E-state index in [0.29, 0.717) is 25.5 Å². The summed E-state index contributed by atoms with van der Waals surface area (Å²) in [5, 5.41) is 0. The summed E-state index contributed by atoms with van der Waals surface area (Å²) in [6.07, 6.45) is 1.08. The first-order chi connectivity index (χ1) is 10.8. The molecule has 23 heavy (non-hydrogen) atoms. The third kappa shape index (κ3) is 4.63. The van der Waals surface area contributed by atoms with Crippen LogP contribution in [0.2, 0.25) is 0 Å². The van der Waals surface area contributed by atoms with Crippen LogP contribution in [0.5, 0.6) is 5.75 Å². The molecule has 5 nitrogen and oxygen atoms in total. The fourth-order valence-electron chi connectivity index (χ4n) is 2.59. The lowest BCUT2D eigenvalue weighted by atomic mass is 10.2. The average Bonchev–Trinajstić information content (AvgIpc) is 2.83. The fourth-order valence-corrected chi connectivity index (χ4v) is 4.32. The molecule has 1 aromatic rings. The molecule has 0 aliphatic carbocycles. The number of sulfone groups is 1. The van der Waals surface area contributed by atoms with Gasteiger partial charge in [-0.3, -0.25) is 4.79 Å². The molecule has 1 fully saturated rings. The van der Waals surface area contributed by atoms with Crippen LogP contribution in [0.1, 0.15) is 19.8 Å². The number of carbonyl (C=O) groups is 1. The molecule has 0 saturated carbocycles. The molecular formula is C15H19F2NO4S. The Balaban J connectivity index is 2.01. The monoisotopic (exact) mass is 347 g/mol. The summed E-state index contributed by atoms with van der Waals surface area (Å²) in [7, 11) is -3.11. The molecule has 1 aliphatic heterocycles. The van der Waals surface area contributed by atoms with Crippen LogP contribution in [-0.2, 0) is 14.6 Å². The number of rotatable bonds is 6. The summed E-state index contributed by atoms with van der Waals surface area (Å²) in [5.41, 5.74) is 0. The summed E-state index contributed by atoms with van der Waals surface area (Å²) >= 11 is 0. The summed E-state index contributed by atoms with van der Waals surface area (Å²) in [6.45, 7) is 1.87. The zero-order valence-corrected chi connectivity index (χ0v) is 13.6. The second kappa shape index (κ2) is 7.25. The van der Waals surface area contributed by atoms with Crippen molar-refractivity contribution in [1.29, 1.82) is 0 Å². The Kier molecular flexibility index (Phi) is 5.56. The van der Waals surface area contributed by atoms with E-state index in [1.807, 2.05) is 6.92 Å². The van der Waals surface area contributed by atoms with E-state index in [1.54, 1.807) is 0 Å². The third-order valence-electron chi connectivity index (χ3n) is 3.68. The molecule has 1 amide bonds. The molecule has 128 valence electrons. The normalized spacial score (nSPS) is 19.5. The largest absolute Gasteiger partial charge is 0.481 e. The van der Waals surface area contributed by atoms with Gasteiger partial charge in [0.1, 0.15) is 5.82 Å². The molecule has 0 bridgehead atoms. The van der Waals surface area contributed by atoms with Crippen molar-refractivity contribution in [2.75, 3.05) is 24.7 Å². The number of hydrogen-bond acceptors (Lipinski definition) is 4. The minimum atomic E-state index is -3.11. The first kappa shape index (κ1) is 17.7. The van der Waals surface area contributed by atoms with Gasteiger partial charge in [0.25, 0.3) is 5.91 Å². The molecule has 1 heterocycles. The van der Waals surface area contributed by atoms with Crippen molar-refractivity contribution < 1.29 is 26.7 Å². The van der Waals surface area contributed by atoms with Crippen molar-refractivity contribution in [3.63, 3.8) is 0 Å². The van der Waals surface area contributed by atoms with E-state index in [2.05, 4.69) is 0 Å². The van der Waals surface area contributed by atoms with Gasteiger partial charge in [0.2, 0.25) is 0 Å². The maximum atomic E-state index is 13.5. The zero-order valence-electron chi connectivity index (χ0n) is 12.8. The minimum absolute atomic E-state index is 0.0519. The Morgan fingerprint density at radius 2 is 2.13 bits per heavy atom. The van der Waals surface area contributed by atoms with Crippen LogP contribution in [0.4, 0.5) is 8.78 Å². The number of ether oxygens (including phenoxy) is 1. The molecule has 0 spiro atoms. The van der Waals surface area contributed by atoms with Gasteiger partial charge in [0.15, 0.2) is 28.0 Å². The van der Waals surface area contributed by atoms with Gasteiger partial charge in [-0.1, -0.05) is 6.92 Å². The van der Waals surface area contributed by atoms with Crippen LogP contribution < -0.4 is 4.74 Å². The predicted molar refractivity (Wildman–Crippen MR) is 80.9 cm³/mol. The maximum absolute atomic E-state index is 13.5. The highest BCUT2D eigenvalue weighted by Crippen LogP contribution is 2.20. The number of halogens is 2. The van der Waals surface area contributed by atoms with Crippen molar-refractivity contribution >= 4 is 15.7 Å². The van der Waals surface area contributed by atoms with Gasteiger partial charge in [-0.15, -0.1) is 0 Å². The molecule has 2 rings (SSSR count). The van der Waals surface area contributed by atoms with E-state index in [0.717, 1.165) is 12.1 Å². The lowest BCUT2D eigenvalue weighted by molar-refractivity contribution is -0.135. The van der Waals surface area contributed by atoms with E-state index >= 15 is 0 Å². The molecule has 1 aromatic carbocycles.